The third-order valence-corrected chi connectivity index (χ3v) is 6.92. The number of aliphatic hydroxyl groups is 2. The number of ketones is 2. The molecule has 0 radical (unpaired) electrons. The molecule has 2 aromatic carbocycles. The molecule has 2 aromatic rings. The van der Waals surface area contributed by atoms with Crippen LogP contribution in [0.15, 0.2) is 59.1 Å². The third-order valence-electron chi connectivity index (χ3n) is 6.92. The van der Waals surface area contributed by atoms with Gasteiger partial charge in [-0.25, -0.2) is 0 Å². The maximum Gasteiger partial charge on any atom is 0.306 e. The Bertz CT molecular complexity index is 1370. The van der Waals surface area contributed by atoms with E-state index in [4.69, 9.17) is 28.4 Å². The van der Waals surface area contributed by atoms with Crippen molar-refractivity contribution < 1.29 is 57.8 Å². The second-order valence-electron chi connectivity index (χ2n) is 9.07. The number of benzene rings is 2. The zero-order valence-electron chi connectivity index (χ0n) is 21.4. The van der Waals surface area contributed by atoms with Crippen LogP contribution >= 0.6 is 0 Å². The molecule has 12 heteroatoms. The van der Waals surface area contributed by atoms with Gasteiger partial charge in [0.05, 0.1) is 38.2 Å². The molecule has 2 aliphatic heterocycles. The van der Waals surface area contributed by atoms with Gasteiger partial charge in [-0.05, 0) is 35.4 Å². The van der Waals surface area contributed by atoms with E-state index < -0.39 is 70.8 Å². The largest absolute Gasteiger partial charge is 0.504 e. The van der Waals surface area contributed by atoms with Gasteiger partial charge >= 0.3 is 11.9 Å². The van der Waals surface area contributed by atoms with Crippen LogP contribution in [-0.2, 0) is 28.7 Å². The van der Waals surface area contributed by atoms with Crippen LogP contribution in [0.3, 0.4) is 0 Å². The lowest BCUT2D eigenvalue weighted by Gasteiger charge is -2.27. The van der Waals surface area contributed by atoms with E-state index in [0.29, 0.717) is 34.1 Å². The molecular formula is C28H24O12. The molecule has 1 aliphatic carbocycles. The summed E-state index contributed by atoms with van der Waals surface area (Å²) in [4.78, 5) is 51.9. The number of esters is 2. The van der Waals surface area contributed by atoms with Crippen molar-refractivity contribution in [1.29, 1.82) is 0 Å². The minimum atomic E-state index is -1.19. The summed E-state index contributed by atoms with van der Waals surface area (Å²) in [7, 11) is 2.30. The van der Waals surface area contributed by atoms with Crippen LogP contribution in [0.25, 0.3) is 0 Å². The molecule has 2 atom stereocenters. The van der Waals surface area contributed by atoms with Gasteiger partial charge < -0.3 is 38.6 Å². The second-order valence-corrected chi connectivity index (χ2v) is 9.07. The first-order chi connectivity index (χ1) is 19.2. The van der Waals surface area contributed by atoms with Crippen LogP contribution in [0.1, 0.15) is 35.8 Å². The number of fused-ring (bicyclic) bond motifs is 2. The van der Waals surface area contributed by atoms with Gasteiger partial charge in [0.25, 0.3) is 0 Å². The van der Waals surface area contributed by atoms with Gasteiger partial charge in [0.1, 0.15) is 0 Å². The average molecular weight is 552 g/mol. The first-order valence-corrected chi connectivity index (χ1v) is 12.1. The number of Topliss-reactive ketones (excluding diaryl/α,β-unsaturated/α-hetero) is 2. The number of hydrogen-bond acceptors (Lipinski definition) is 12. The molecule has 208 valence electrons. The summed E-state index contributed by atoms with van der Waals surface area (Å²) in [5.74, 6) is -6.43. The SMILES string of the molecule is COC(=O)C[C@H](C1=C(O)C(=O)C([C@@H](CC(=O)OC)c2ccc3c(c2)OCO3)=C(O)C1=O)c1ccc2c(c1)OCO2. The quantitative estimate of drug-likeness (QED) is 0.364. The minimum absolute atomic E-state index is 0.0276. The first-order valence-electron chi connectivity index (χ1n) is 12.1. The summed E-state index contributed by atoms with van der Waals surface area (Å²) in [5.41, 5.74) is -0.345. The van der Waals surface area contributed by atoms with E-state index in [0.717, 1.165) is 14.2 Å². The normalized spacial score (nSPS) is 17.1. The van der Waals surface area contributed by atoms with E-state index in [1.165, 1.54) is 12.1 Å². The number of methoxy groups -OCH3 is 2. The Balaban J connectivity index is 1.59. The molecule has 0 saturated carbocycles. The van der Waals surface area contributed by atoms with Gasteiger partial charge in [-0.15, -0.1) is 0 Å². The summed E-state index contributed by atoms with van der Waals surface area (Å²) in [6, 6.07) is 9.22. The monoisotopic (exact) mass is 552 g/mol. The second kappa shape index (κ2) is 10.6. The standard InChI is InChI=1S/C28H24O12/c1-35-21(29)9-15(13-3-5-17-19(7-13)39-11-37-17)23-25(31)27(33)24(28(34)26(23)32)16(10-22(30)36-2)14-4-6-18-20(8-14)40-12-38-18/h3-8,15-16,31,34H,9-12H2,1-2H3/t15-,16-/m0/s1. The molecule has 0 amide bonds. The van der Waals surface area contributed by atoms with Gasteiger partial charge in [0.2, 0.25) is 25.2 Å². The Morgan fingerprint density at radius 2 is 1.07 bits per heavy atom. The van der Waals surface area contributed by atoms with Crippen molar-refractivity contribution in [3.05, 3.63) is 70.2 Å². The molecule has 0 unspecified atom stereocenters. The Kier molecular flexibility index (Phi) is 7.07. The van der Waals surface area contributed by atoms with Crippen molar-refractivity contribution in [2.45, 2.75) is 24.7 Å². The van der Waals surface area contributed by atoms with Crippen LogP contribution in [0.4, 0.5) is 0 Å². The number of carbonyl (C=O) groups is 4. The average Bonchev–Trinajstić information content (AvgIpc) is 3.63. The van der Waals surface area contributed by atoms with Crippen molar-refractivity contribution >= 4 is 23.5 Å². The fourth-order valence-corrected chi connectivity index (χ4v) is 4.89. The maximum absolute atomic E-state index is 13.6. The summed E-state index contributed by atoms with van der Waals surface area (Å²) < 4.78 is 31.0. The number of carbonyl (C=O) groups excluding carboxylic acids is 4. The third kappa shape index (κ3) is 4.68. The molecule has 0 saturated heterocycles. The summed E-state index contributed by atoms with van der Waals surface area (Å²) in [6.07, 6.45) is -0.879. The van der Waals surface area contributed by atoms with Gasteiger partial charge in [0, 0.05) is 11.8 Å². The molecular weight excluding hydrogens is 528 g/mol. The number of aliphatic hydroxyl groups excluding tert-OH is 2. The lowest BCUT2D eigenvalue weighted by molar-refractivity contribution is -0.142. The molecule has 2 heterocycles. The van der Waals surface area contributed by atoms with E-state index >= 15 is 0 Å². The Morgan fingerprint density at radius 1 is 0.700 bits per heavy atom. The molecule has 5 rings (SSSR count). The number of rotatable bonds is 8. The number of allylic oxidation sites excluding steroid dienone is 2. The van der Waals surface area contributed by atoms with E-state index in [2.05, 4.69) is 0 Å². The number of hydrogen-bond donors (Lipinski definition) is 2. The van der Waals surface area contributed by atoms with E-state index in [1.54, 1.807) is 24.3 Å². The van der Waals surface area contributed by atoms with Crippen LogP contribution in [0.5, 0.6) is 23.0 Å². The molecule has 0 aromatic heterocycles. The highest BCUT2D eigenvalue weighted by Gasteiger charge is 2.43. The van der Waals surface area contributed by atoms with Crippen LogP contribution < -0.4 is 18.9 Å². The van der Waals surface area contributed by atoms with Crippen molar-refractivity contribution in [2.24, 2.45) is 0 Å². The van der Waals surface area contributed by atoms with Gasteiger partial charge in [0.15, 0.2) is 34.5 Å². The summed E-state index contributed by atoms with van der Waals surface area (Å²) in [6.45, 7) is -0.0553. The van der Waals surface area contributed by atoms with Crippen molar-refractivity contribution in [3.63, 3.8) is 0 Å². The zero-order chi connectivity index (χ0) is 28.6. The van der Waals surface area contributed by atoms with Crippen molar-refractivity contribution in [3.8, 4) is 23.0 Å². The van der Waals surface area contributed by atoms with Crippen molar-refractivity contribution in [2.75, 3.05) is 27.8 Å². The Labute approximate surface area is 227 Å². The predicted molar refractivity (Wildman–Crippen MR) is 133 cm³/mol. The highest BCUT2D eigenvalue weighted by molar-refractivity contribution is 6.24. The fraction of sp³-hybridized carbons (Fsp3) is 0.286. The summed E-state index contributed by atoms with van der Waals surface area (Å²) >= 11 is 0. The smallest absolute Gasteiger partial charge is 0.306 e. The highest BCUT2D eigenvalue weighted by Crippen LogP contribution is 2.44. The molecule has 0 spiro atoms. The fourth-order valence-electron chi connectivity index (χ4n) is 4.89. The minimum Gasteiger partial charge on any atom is -0.504 e. The van der Waals surface area contributed by atoms with E-state index in [-0.39, 0.29) is 13.6 Å². The maximum atomic E-state index is 13.6. The molecule has 3 aliphatic rings. The van der Waals surface area contributed by atoms with E-state index in [9.17, 15) is 29.4 Å². The van der Waals surface area contributed by atoms with Crippen LogP contribution in [0, 0.1) is 0 Å². The van der Waals surface area contributed by atoms with Crippen molar-refractivity contribution in [1.82, 2.24) is 0 Å². The van der Waals surface area contributed by atoms with E-state index in [1.807, 2.05) is 0 Å². The zero-order valence-corrected chi connectivity index (χ0v) is 21.4. The van der Waals surface area contributed by atoms with Crippen LogP contribution in [-0.4, -0.2) is 61.5 Å². The lowest BCUT2D eigenvalue weighted by Crippen LogP contribution is -2.31. The molecule has 0 bridgehead atoms. The van der Waals surface area contributed by atoms with Crippen LogP contribution in [0.2, 0.25) is 0 Å². The topological polar surface area (TPSA) is 164 Å². The van der Waals surface area contributed by atoms with Gasteiger partial charge in [-0.1, -0.05) is 12.1 Å². The Morgan fingerprint density at radius 3 is 1.45 bits per heavy atom. The molecule has 0 fully saturated rings. The highest BCUT2D eigenvalue weighted by atomic mass is 16.7. The summed E-state index contributed by atoms with van der Waals surface area (Å²) in [5, 5.41) is 22.3. The first kappa shape index (κ1) is 26.6. The molecule has 12 nitrogen and oxygen atoms in total. The van der Waals surface area contributed by atoms with Gasteiger partial charge in [-0.3, -0.25) is 19.2 Å². The Hall–Kier alpha value is -5.00. The number of ether oxygens (including phenoxy) is 6. The predicted octanol–water partition coefficient (Wildman–Crippen LogP) is 2.91. The molecule has 40 heavy (non-hydrogen) atoms. The van der Waals surface area contributed by atoms with Gasteiger partial charge in [-0.2, -0.15) is 0 Å². The lowest BCUT2D eigenvalue weighted by atomic mass is 9.76. The molecule has 2 N–H and O–H groups in total.